The van der Waals surface area contributed by atoms with Crippen molar-refractivity contribution in [2.45, 2.75) is 0 Å². The molecule has 1 rings (SSSR count). The highest BCUT2D eigenvalue weighted by molar-refractivity contribution is 8.14. The summed E-state index contributed by atoms with van der Waals surface area (Å²) in [5.74, 6) is 0.551. The van der Waals surface area contributed by atoms with E-state index in [1.165, 1.54) is 4.90 Å². The van der Waals surface area contributed by atoms with E-state index in [0.29, 0.717) is 25.6 Å². The number of carbonyl (C=O) groups is 2. The number of hydrogen-bond donors (Lipinski definition) is 0. The van der Waals surface area contributed by atoms with Crippen LogP contribution in [0.5, 0.6) is 0 Å². The number of ether oxygens (including phenoxy) is 1. The van der Waals surface area contributed by atoms with Gasteiger partial charge in [0.2, 0.25) is 5.91 Å². The first-order chi connectivity index (χ1) is 6.25. The molecule has 0 aromatic rings. The molecule has 0 atom stereocenters. The second-order valence-electron chi connectivity index (χ2n) is 2.40. The zero-order chi connectivity index (χ0) is 9.68. The number of hydrogen-bond acceptors (Lipinski definition) is 4. The molecular formula is C7H10ClNO3S. The molecule has 1 aliphatic rings. The van der Waals surface area contributed by atoms with E-state index in [1.54, 1.807) is 0 Å². The molecular weight excluding hydrogens is 214 g/mol. The third-order valence-corrected chi connectivity index (χ3v) is 2.53. The van der Waals surface area contributed by atoms with E-state index in [1.807, 2.05) is 0 Å². The van der Waals surface area contributed by atoms with Gasteiger partial charge in [-0.05, 0) is 0 Å². The maximum Gasteiger partial charge on any atom is 0.288 e. The molecule has 0 spiro atoms. The van der Waals surface area contributed by atoms with Crippen molar-refractivity contribution in [3.63, 3.8) is 0 Å². The number of halogens is 1. The highest BCUT2D eigenvalue weighted by Gasteiger charge is 2.29. The minimum absolute atomic E-state index is 0.135. The number of nitrogens with zero attached hydrogens (tertiary/aromatic N) is 1. The van der Waals surface area contributed by atoms with Crippen LogP contribution in [0.2, 0.25) is 0 Å². The molecule has 1 aliphatic heterocycles. The van der Waals surface area contributed by atoms with E-state index in [0.717, 1.165) is 11.8 Å². The Morgan fingerprint density at radius 3 is 2.77 bits per heavy atom. The summed E-state index contributed by atoms with van der Waals surface area (Å²) in [7, 11) is 0. The molecule has 4 nitrogen and oxygen atoms in total. The van der Waals surface area contributed by atoms with Crippen LogP contribution in [0.4, 0.5) is 4.79 Å². The van der Waals surface area contributed by atoms with Crippen LogP contribution in [0.15, 0.2) is 0 Å². The predicted molar refractivity (Wildman–Crippen MR) is 51.1 cm³/mol. The van der Waals surface area contributed by atoms with E-state index in [9.17, 15) is 9.59 Å². The zero-order valence-electron chi connectivity index (χ0n) is 6.99. The smallest absolute Gasteiger partial charge is 0.288 e. The van der Waals surface area contributed by atoms with Crippen LogP contribution in [-0.4, -0.2) is 47.4 Å². The third-order valence-electron chi connectivity index (χ3n) is 1.52. The lowest BCUT2D eigenvalue weighted by Gasteiger charge is -2.11. The molecule has 0 aliphatic carbocycles. The number of rotatable bonds is 5. The van der Waals surface area contributed by atoms with Gasteiger partial charge in [0.15, 0.2) is 0 Å². The van der Waals surface area contributed by atoms with Crippen molar-refractivity contribution in [3.05, 3.63) is 0 Å². The topological polar surface area (TPSA) is 46.6 Å². The molecule has 0 aromatic carbocycles. The van der Waals surface area contributed by atoms with Crippen molar-refractivity contribution >= 4 is 34.5 Å². The monoisotopic (exact) mass is 223 g/mol. The van der Waals surface area contributed by atoms with Gasteiger partial charge in [-0.25, -0.2) is 0 Å². The van der Waals surface area contributed by atoms with Crippen LogP contribution in [0.25, 0.3) is 0 Å². The minimum Gasteiger partial charge on any atom is -0.378 e. The molecule has 0 bridgehead atoms. The summed E-state index contributed by atoms with van der Waals surface area (Å²) in [6, 6.07) is 0. The summed E-state index contributed by atoms with van der Waals surface area (Å²) in [6.45, 7) is 1.15. The van der Waals surface area contributed by atoms with Crippen molar-refractivity contribution in [2.75, 3.05) is 31.4 Å². The average molecular weight is 224 g/mol. The van der Waals surface area contributed by atoms with Crippen molar-refractivity contribution < 1.29 is 14.3 Å². The van der Waals surface area contributed by atoms with Crippen molar-refractivity contribution in [1.82, 2.24) is 4.90 Å². The zero-order valence-corrected chi connectivity index (χ0v) is 8.57. The molecule has 1 fully saturated rings. The molecule has 0 aromatic heterocycles. The first-order valence-corrected chi connectivity index (χ1v) is 5.38. The van der Waals surface area contributed by atoms with Gasteiger partial charge < -0.3 is 4.74 Å². The van der Waals surface area contributed by atoms with E-state index < -0.39 is 0 Å². The van der Waals surface area contributed by atoms with Gasteiger partial charge in [-0.2, -0.15) is 0 Å². The first-order valence-electron chi connectivity index (χ1n) is 3.86. The summed E-state index contributed by atoms with van der Waals surface area (Å²) in [6.07, 6.45) is 0. The lowest BCUT2D eigenvalue weighted by Crippen LogP contribution is -2.32. The van der Waals surface area contributed by atoms with Gasteiger partial charge in [0.05, 0.1) is 25.5 Å². The summed E-state index contributed by atoms with van der Waals surface area (Å²) in [5.41, 5.74) is 0. The summed E-state index contributed by atoms with van der Waals surface area (Å²) < 4.78 is 5.05. The van der Waals surface area contributed by atoms with Crippen molar-refractivity contribution in [3.8, 4) is 0 Å². The van der Waals surface area contributed by atoms with E-state index in [-0.39, 0.29) is 16.9 Å². The van der Waals surface area contributed by atoms with Gasteiger partial charge in [-0.3, -0.25) is 14.5 Å². The Morgan fingerprint density at radius 1 is 1.46 bits per heavy atom. The molecule has 2 amide bonds. The lowest BCUT2D eigenvalue weighted by molar-refractivity contribution is -0.125. The minimum atomic E-state index is -0.181. The fraction of sp³-hybridized carbons (Fsp3) is 0.714. The number of alkyl halides is 1. The number of carbonyl (C=O) groups excluding carboxylic acids is 2. The Morgan fingerprint density at radius 2 is 2.23 bits per heavy atom. The molecule has 0 radical (unpaired) electrons. The highest BCUT2D eigenvalue weighted by atomic mass is 35.5. The summed E-state index contributed by atoms with van der Waals surface area (Å²) >= 11 is 6.41. The fourth-order valence-electron chi connectivity index (χ4n) is 0.910. The maximum atomic E-state index is 11.1. The largest absolute Gasteiger partial charge is 0.378 e. The number of imide groups is 1. The van der Waals surface area contributed by atoms with E-state index in [4.69, 9.17) is 16.3 Å². The molecule has 74 valence electrons. The van der Waals surface area contributed by atoms with Crippen LogP contribution in [0, 0.1) is 0 Å². The van der Waals surface area contributed by atoms with Gasteiger partial charge in [-0.15, -0.1) is 11.6 Å². The molecule has 1 heterocycles. The van der Waals surface area contributed by atoms with Crippen LogP contribution >= 0.6 is 23.4 Å². The van der Waals surface area contributed by atoms with Crippen molar-refractivity contribution in [1.29, 1.82) is 0 Å². The van der Waals surface area contributed by atoms with Crippen LogP contribution in [-0.2, 0) is 9.53 Å². The Balaban J connectivity index is 2.20. The fourth-order valence-corrected chi connectivity index (χ4v) is 1.77. The summed E-state index contributed by atoms with van der Waals surface area (Å²) in [5, 5.41) is -0.181. The molecule has 6 heteroatoms. The Bertz CT molecular complexity index is 196. The molecule has 1 saturated heterocycles. The van der Waals surface area contributed by atoms with Gasteiger partial charge in [0.1, 0.15) is 0 Å². The number of thioether (sulfide) groups is 1. The van der Waals surface area contributed by atoms with Gasteiger partial charge >= 0.3 is 0 Å². The maximum absolute atomic E-state index is 11.1. The van der Waals surface area contributed by atoms with Crippen LogP contribution < -0.4 is 0 Å². The van der Waals surface area contributed by atoms with Crippen LogP contribution in [0.1, 0.15) is 0 Å². The molecule has 0 unspecified atom stereocenters. The quantitative estimate of drug-likeness (QED) is 0.514. The van der Waals surface area contributed by atoms with Gasteiger partial charge in [0, 0.05) is 5.88 Å². The van der Waals surface area contributed by atoms with Gasteiger partial charge in [0.25, 0.3) is 5.24 Å². The highest BCUT2D eigenvalue weighted by Crippen LogP contribution is 2.17. The molecule has 13 heavy (non-hydrogen) atoms. The van der Waals surface area contributed by atoms with E-state index >= 15 is 0 Å². The molecule has 0 N–H and O–H groups in total. The predicted octanol–water partition coefficient (Wildman–Crippen LogP) is 0.937. The second kappa shape index (κ2) is 5.47. The lowest BCUT2D eigenvalue weighted by atomic mass is 10.5. The summed E-state index contributed by atoms with van der Waals surface area (Å²) in [4.78, 5) is 23.3. The van der Waals surface area contributed by atoms with Crippen LogP contribution in [0.3, 0.4) is 0 Å². The first kappa shape index (κ1) is 10.8. The Kier molecular flexibility index (Phi) is 4.55. The third kappa shape index (κ3) is 3.17. The normalized spacial score (nSPS) is 17.2. The van der Waals surface area contributed by atoms with Crippen molar-refractivity contribution in [2.24, 2.45) is 0 Å². The molecule has 0 saturated carbocycles. The van der Waals surface area contributed by atoms with E-state index in [2.05, 4.69) is 0 Å². The van der Waals surface area contributed by atoms with Gasteiger partial charge in [-0.1, -0.05) is 11.8 Å². The SMILES string of the molecule is O=C1CSC(=O)N1CCOCCCl. The Hall–Kier alpha value is -0.260. The second-order valence-corrected chi connectivity index (χ2v) is 3.71. The number of amides is 2. The average Bonchev–Trinajstić information content (AvgIpc) is 2.42. The standard InChI is InChI=1S/C7H10ClNO3S/c8-1-3-12-4-2-9-6(10)5-13-7(9)11/h1-5H2. The Labute approximate surface area is 85.5 Å².